The molecule has 0 spiro atoms. The number of aromatic nitrogens is 3. The van der Waals surface area contributed by atoms with Gasteiger partial charge in [-0.25, -0.2) is 4.79 Å². The maximum Gasteiger partial charge on any atom is 0.332 e. The summed E-state index contributed by atoms with van der Waals surface area (Å²) in [5, 5.41) is 33.9. The van der Waals surface area contributed by atoms with Crippen molar-refractivity contribution in [3.8, 4) is 0 Å². The summed E-state index contributed by atoms with van der Waals surface area (Å²) in [4.78, 5) is 10.4. The second kappa shape index (κ2) is 4.85. The molecule has 1 aromatic heterocycles. The van der Waals surface area contributed by atoms with Gasteiger partial charge in [0.25, 0.3) is 0 Å². The van der Waals surface area contributed by atoms with Gasteiger partial charge in [-0.2, -0.15) is 0 Å². The molecule has 1 unspecified atom stereocenters. The Labute approximate surface area is 86.0 Å². The Morgan fingerprint density at radius 3 is 2.73 bits per heavy atom. The average molecular weight is 215 g/mol. The lowest BCUT2D eigenvalue weighted by Gasteiger charge is -2.08. The van der Waals surface area contributed by atoms with Gasteiger partial charge >= 0.3 is 5.97 Å². The highest BCUT2D eigenvalue weighted by Crippen LogP contribution is 2.04. The van der Waals surface area contributed by atoms with Crippen LogP contribution in [0.4, 0.5) is 0 Å². The van der Waals surface area contributed by atoms with Crippen LogP contribution in [-0.2, 0) is 17.9 Å². The molecule has 0 aliphatic carbocycles. The van der Waals surface area contributed by atoms with Gasteiger partial charge < -0.3 is 19.9 Å². The number of carboxylic acid groups (broad SMARTS) is 1. The molecule has 1 rings (SSSR count). The number of carbonyl (C=O) groups is 1. The van der Waals surface area contributed by atoms with Gasteiger partial charge in [0, 0.05) is 13.0 Å². The van der Waals surface area contributed by atoms with Crippen LogP contribution in [-0.4, -0.2) is 42.2 Å². The fourth-order valence-corrected chi connectivity index (χ4v) is 1.21. The third kappa shape index (κ3) is 2.74. The third-order valence-corrected chi connectivity index (χ3v) is 2.06. The number of nitrogens with zero attached hydrogens (tertiary/aromatic N) is 3. The molecule has 0 aromatic carbocycles. The minimum Gasteiger partial charge on any atom is -0.479 e. The van der Waals surface area contributed by atoms with Crippen molar-refractivity contribution in [2.75, 3.05) is 0 Å². The summed E-state index contributed by atoms with van der Waals surface area (Å²) in [5.74, 6) is -0.312. The number of aliphatic hydroxyl groups is 2. The molecule has 0 aliphatic heterocycles. The van der Waals surface area contributed by atoms with Crippen LogP contribution in [0.1, 0.15) is 18.1 Å². The molecule has 0 aliphatic rings. The largest absolute Gasteiger partial charge is 0.479 e. The lowest BCUT2D eigenvalue weighted by molar-refractivity contribution is -0.147. The van der Waals surface area contributed by atoms with Crippen LogP contribution in [0, 0.1) is 6.92 Å². The second-order valence-electron chi connectivity index (χ2n) is 3.12. The summed E-state index contributed by atoms with van der Waals surface area (Å²) in [7, 11) is 0. The first kappa shape index (κ1) is 11.6. The van der Waals surface area contributed by atoms with E-state index < -0.39 is 12.1 Å². The lowest BCUT2D eigenvalue weighted by atomic mass is 10.2. The van der Waals surface area contributed by atoms with Gasteiger partial charge in [-0.05, 0) is 6.92 Å². The van der Waals surface area contributed by atoms with E-state index in [-0.39, 0.29) is 19.6 Å². The van der Waals surface area contributed by atoms with Crippen molar-refractivity contribution in [3.63, 3.8) is 0 Å². The molecule has 0 radical (unpaired) electrons. The summed E-state index contributed by atoms with van der Waals surface area (Å²) in [6.07, 6.45) is -1.35. The number of aryl methyl sites for hydroxylation is 1. The first-order chi connectivity index (χ1) is 7.06. The van der Waals surface area contributed by atoms with E-state index in [9.17, 15) is 4.79 Å². The van der Waals surface area contributed by atoms with Crippen LogP contribution in [0.5, 0.6) is 0 Å². The molecule has 7 nitrogen and oxygen atoms in total. The average Bonchev–Trinajstić information content (AvgIpc) is 2.55. The van der Waals surface area contributed by atoms with Gasteiger partial charge in [0.15, 0.2) is 11.9 Å². The second-order valence-corrected chi connectivity index (χ2v) is 3.12. The Bertz CT molecular complexity index is 350. The Balaban J connectivity index is 2.64. The normalized spacial score (nSPS) is 12.7. The SMILES string of the molecule is Cc1nnc(CO)n1CCC(O)C(=O)O. The van der Waals surface area contributed by atoms with Crippen molar-refractivity contribution in [2.45, 2.75) is 32.6 Å². The molecule has 84 valence electrons. The molecular formula is C8H13N3O4. The van der Waals surface area contributed by atoms with E-state index in [0.717, 1.165) is 0 Å². The van der Waals surface area contributed by atoms with Gasteiger partial charge in [0.2, 0.25) is 0 Å². The van der Waals surface area contributed by atoms with E-state index in [4.69, 9.17) is 15.3 Å². The summed E-state index contributed by atoms with van der Waals surface area (Å²) < 4.78 is 1.58. The molecule has 3 N–H and O–H groups in total. The summed E-state index contributed by atoms with van der Waals surface area (Å²) >= 11 is 0. The van der Waals surface area contributed by atoms with Crippen LogP contribution in [0.25, 0.3) is 0 Å². The molecule has 0 saturated heterocycles. The zero-order chi connectivity index (χ0) is 11.4. The standard InChI is InChI=1S/C8H13N3O4/c1-5-9-10-7(4-12)11(5)3-2-6(13)8(14)15/h6,12-13H,2-4H2,1H3,(H,14,15). The molecule has 1 atom stereocenters. The van der Waals surface area contributed by atoms with Crippen LogP contribution >= 0.6 is 0 Å². The Kier molecular flexibility index (Phi) is 3.75. The zero-order valence-electron chi connectivity index (χ0n) is 8.29. The van der Waals surface area contributed by atoms with Gasteiger partial charge in [0.05, 0.1) is 0 Å². The van der Waals surface area contributed by atoms with E-state index in [0.29, 0.717) is 11.6 Å². The lowest BCUT2D eigenvalue weighted by Crippen LogP contribution is -2.22. The smallest absolute Gasteiger partial charge is 0.332 e. The van der Waals surface area contributed by atoms with Crippen LogP contribution in [0.2, 0.25) is 0 Å². The van der Waals surface area contributed by atoms with E-state index in [1.54, 1.807) is 11.5 Å². The maximum atomic E-state index is 10.4. The van der Waals surface area contributed by atoms with Crippen LogP contribution < -0.4 is 0 Å². The first-order valence-corrected chi connectivity index (χ1v) is 4.46. The number of aliphatic carboxylic acids is 1. The maximum absolute atomic E-state index is 10.4. The summed E-state index contributed by atoms with van der Waals surface area (Å²) in [5.41, 5.74) is 0. The van der Waals surface area contributed by atoms with E-state index in [1.807, 2.05) is 0 Å². The van der Waals surface area contributed by atoms with Crippen LogP contribution in [0.3, 0.4) is 0 Å². The van der Waals surface area contributed by atoms with E-state index >= 15 is 0 Å². The molecular weight excluding hydrogens is 202 g/mol. The Morgan fingerprint density at radius 2 is 2.20 bits per heavy atom. The van der Waals surface area contributed by atoms with Gasteiger partial charge in [0.1, 0.15) is 12.4 Å². The Hall–Kier alpha value is -1.47. The number of rotatable bonds is 5. The van der Waals surface area contributed by atoms with Crippen molar-refractivity contribution in [3.05, 3.63) is 11.6 Å². The fraction of sp³-hybridized carbons (Fsp3) is 0.625. The van der Waals surface area contributed by atoms with E-state index in [1.165, 1.54) is 0 Å². The quantitative estimate of drug-likeness (QED) is 0.576. The van der Waals surface area contributed by atoms with Crippen molar-refractivity contribution in [1.29, 1.82) is 0 Å². The van der Waals surface area contributed by atoms with Gasteiger partial charge in [-0.1, -0.05) is 0 Å². The number of aliphatic hydroxyl groups excluding tert-OH is 2. The highest BCUT2D eigenvalue weighted by Gasteiger charge is 2.15. The van der Waals surface area contributed by atoms with Crippen molar-refractivity contribution in [1.82, 2.24) is 14.8 Å². The molecule has 0 amide bonds. The molecule has 0 bridgehead atoms. The van der Waals surface area contributed by atoms with E-state index in [2.05, 4.69) is 10.2 Å². The summed E-state index contributed by atoms with van der Waals surface area (Å²) in [6, 6.07) is 0. The van der Waals surface area contributed by atoms with Crippen molar-refractivity contribution < 1.29 is 20.1 Å². The highest BCUT2D eigenvalue weighted by molar-refractivity contribution is 5.71. The monoisotopic (exact) mass is 215 g/mol. The third-order valence-electron chi connectivity index (χ3n) is 2.06. The van der Waals surface area contributed by atoms with Crippen molar-refractivity contribution >= 4 is 5.97 Å². The fourth-order valence-electron chi connectivity index (χ4n) is 1.21. The summed E-state index contributed by atoms with van der Waals surface area (Å²) in [6.45, 7) is 1.70. The van der Waals surface area contributed by atoms with Gasteiger partial charge in [-0.3, -0.25) is 0 Å². The Morgan fingerprint density at radius 1 is 1.53 bits per heavy atom. The minimum atomic E-state index is -1.40. The molecule has 0 fully saturated rings. The topological polar surface area (TPSA) is 108 Å². The minimum absolute atomic E-state index is 0.0568. The number of hydrogen-bond acceptors (Lipinski definition) is 5. The number of carboxylic acids is 1. The predicted octanol–water partition coefficient (Wildman–Crippen LogP) is -1.09. The number of hydrogen-bond donors (Lipinski definition) is 3. The molecule has 7 heteroatoms. The van der Waals surface area contributed by atoms with Gasteiger partial charge in [-0.15, -0.1) is 10.2 Å². The molecule has 15 heavy (non-hydrogen) atoms. The molecule has 0 saturated carbocycles. The molecule has 1 heterocycles. The first-order valence-electron chi connectivity index (χ1n) is 4.46. The predicted molar refractivity (Wildman–Crippen MR) is 48.9 cm³/mol. The molecule has 1 aromatic rings. The highest BCUT2D eigenvalue weighted by atomic mass is 16.4. The van der Waals surface area contributed by atoms with Crippen LogP contribution in [0.15, 0.2) is 0 Å². The zero-order valence-corrected chi connectivity index (χ0v) is 8.29. The van der Waals surface area contributed by atoms with Crippen molar-refractivity contribution in [2.24, 2.45) is 0 Å².